The fourth-order valence-corrected chi connectivity index (χ4v) is 2.21. The lowest BCUT2D eigenvalue weighted by atomic mass is 10.0. The Hall–Kier alpha value is -2.20. The molecule has 0 atom stereocenters. The van der Waals surface area contributed by atoms with Gasteiger partial charge in [0, 0.05) is 28.9 Å². The molecule has 0 saturated heterocycles. The smallest absolute Gasteiger partial charge is 0.148 e. The molecule has 2 heterocycles. The number of aromatic nitrogens is 3. The van der Waals surface area contributed by atoms with Gasteiger partial charge >= 0.3 is 0 Å². The zero-order chi connectivity index (χ0) is 14.2. The van der Waals surface area contributed by atoms with Gasteiger partial charge in [0.05, 0.1) is 11.2 Å². The van der Waals surface area contributed by atoms with E-state index in [1.165, 1.54) is 5.39 Å². The lowest BCUT2D eigenvalue weighted by Gasteiger charge is -2.22. The molecule has 20 heavy (non-hydrogen) atoms. The van der Waals surface area contributed by atoms with Crippen molar-refractivity contribution in [3.8, 4) is 11.3 Å². The molecular formula is C16H18N4. The van der Waals surface area contributed by atoms with Gasteiger partial charge in [-0.2, -0.15) is 0 Å². The standard InChI is InChI=1S/C16H18N4/c1-16(2,17-3)15-18-9-8-14(20-15)12-10-19-13-7-5-4-6-11(12)13/h4-10,17,19H,1-3H3. The van der Waals surface area contributed by atoms with Gasteiger partial charge in [-0.3, -0.25) is 0 Å². The Balaban J connectivity index is 2.13. The Kier molecular flexibility index (Phi) is 3.03. The van der Waals surface area contributed by atoms with Crippen LogP contribution in [0.25, 0.3) is 22.2 Å². The number of aromatic amines is 1. The molecule has 0 aliphatic heterocycles. The fourth-order valence-electron chi connectivity index (χ4n) is 2.21. The van der Waals surface area contributed by atoms with Crippen molar-refractivity contribution in [2.24, 2.45) is 0 Å². The second-order valence-corrected chi connectivity index (χ2v) is 5.39. The second kappa shape index (κ2) is 4.72. The average Bonchev–Trinajstić information content (AvgIpc) is 2.91. The van der Waals surface area contributed by atoms with E-state index < -0.39 is 0 Å². The highest BCUT2D eigenvalue weighted by molar-refractivity contribution is 5.94. The van der Waals surface area contributed by atoms with Crippen molar-refractivity contribution in [3.63, 3.8) is 0 Å². The summed E-state index contributed by atoms with van der Waals surface area (Å²) in [5, 5.41) is 4.41. The summed E-state index contributed by atoms with van der Waals surface area (Å²) in [6.07, 6.45) is 3.82. The van der Waals surface area contributed by atoms with Crippen LogP contribution in [0.1, 0.15) is 19.7 Å². The summed E-state index contributed by atoms with van der Waals surface area (Å²) in [5.41, 5.74) is 2.92. The monoisotopic (exact) mass is 266 g/mol. The number of para-hydroxylation sites is 1. The largest absolute Gasteiger partial charge is 0.360 e. The summed E-state index contributed by atoms with van der Waals surface area (Å²) in [5.74, 6) is 0.794. The van der Waals surface area contributed by atoms with Crippen LogP contribution >= 0.6 is 0 Å². The summed E-state index contributed by atoms with van der Waals surface area (Å²) in [6, 6.07) is 10.2. The van der Waals surface area contributed by atoms with Gasteiger partial charge in [-0.1, -0.05) is 18.2 Å². The summed E-state index contributed by atoms with van der Waals surface area (Å²) < 4.78 is 0. The molecule has 0 aliphatic carbocycles. The van der Waals surface area contributed by atoms with Gasteiger partial charge in [-0.25, -0.2) is 9.97 Å². The second-order valence-electron chi connectivity index (χ2n) is 5.39. The van der Waals surface area contributed by atoms with E-state index >= 15 is 0 Å². The van der Waals surface area contributed by atoms with E-state index in [-0.39, 0.29) is 5.54 Å². The molecule has 0 spiro atoms. The minimum Gasteiger partial charge on any atom is -0.360 e. The maximum atomic E-state index is 4.71. The van der Waals surface area contributed by atoms with E-state index in [0.717, 1.165) is 22.6 Å². The van der Waals surface area contributed by atoms with Crippen LogP contribution in [-0.4, -0.2) is 22.0 Å². The number of hydrogen-bond acceptors (Lipinski definition) is 3. The summed E-state index contributed by atoms with van der Waals surface area (Å²) in [6.45, 7) is 4.14. The van der Waals surface area contributed by atoms with Crippen LogP contribution in [0.3, 0.4) is 0 Å². The van der Waals surface area contributed by atoms with Crippen molar-refractivity contribution in [2.45, 2.75) is 19.4 Å². The van der Waals surface area contributed by atoms with E-state index in [4.69, 9.17) is 4.98 Å². The molecule has 0 unspecified atom stereocenters. The molecule has 3 rings (SSSR count). The maximum absolute atomic E-state index is 4.71. The third-order valence-corrected chi connectivity index (χ3v) is 3.70. The third kappa shape index (κ3) is 2.08. The molecule has 0 aliphatic rings. The van der Waals surface area contributed by atoms with Crippen molar-refractivity contribution >= 4 is 10.9 Å². The number of fused-ring (bicyclic) bond motifs is 1. The van der Waals surface area contributed by atoms with E-state index in [9.17, 15) is 0 Å². The van der Waals surface area contributed by atoms with E-state index in [0.29, 0.717) is 0 Å². The maximum Gasteiger partial charge on any atom is 0.148 e. The lowest BCUT2D eigenvalue weighted by molar-refractivity contribution is 0.417. The quantitative estimate of drug-likeness (QED) is 0.766. The third-order valence-electron chi connectivity index (χ3n) is 3.70. The number of benzene rings is 1. The highest BCUT2D eigenvalue weighted by Crippen LogP contribution is 2.27. The van der Waals surface area contributed by atoms with Crippen LogP contribution < -0.4 is 5.32 Å². The number of nitrogens with one attached hydrogen (secondary N) is 2. The van der Waals surface area contributed by atoms with Crippen molar-refractivity contribution in [1.82, 2.24) is 20.3 Å². The normalized spacial score (nSPS) is 11.9. The Bertz CT molecular complexity index is 743. The van der Waals surface area contributed by atoms with E-state index in [1.54, 1.807) is 0 Å². The van der Waals surface area contributed by atoms with Gasteiger partial charge < -0.3 is 10.3 Å². The first-order valence-electron chi connectivity index (χ1n) is 6.71. The first-order valence-corrected chi connectivity index (χ1v) is 6.71. The zero-order valence-electron chi connectivity index (χ0n) is 11.9. The van der Waals surface area contributed by atoms with Gasteiger partial charge in [0.2, 0.25) is 0 Å². The minimum absolute atomic E-state index is 0.248. The molecule has 0 amide bonds. The topological polar surface area (TPSA) is 53.6 Å². The van der Waals surface area contributed by atoms with E-state index in [2.05, 4.69) is 41.3 Å². The summed E-state index contributed by atoms with van der Waals surface area (Å²) in [4.78, 5) is 12.4. The lowest BCUT2D eigenvalue weighted by Crippen LogP contribution is -2.35. The summed E-state index contributed by atoms with van der Waals surface area (Å²) in [7, 11) is 1.92. The molecule has 0 fully saturated rings. The predicted octanol–water partition coefficient (Wildman–Crippen LogP) is 3.08. The molecule has 4 heteroatoms. The predicted molar refractivity (Wildman–Crippen MR) is 81.4 cm³/mol. The molecule has 2 N–H and O–H groups in total. The Labute approximate surface area is 118 Å². The Morgan fingerprint density at radius 1 is 1.15 bits per heavy atom. The average molecular weight is 266 g/mol. The van der Waals surface area contributed by atoms with Gasteiger partial charge in [-0.05, 0) is 33.0 Å². The van der Waals surface area contributed by atoms with Gasteiger partial charge in [0.1, 0.15) is 5.82 Å². The van der Waals surface area contributed by atoms with Crippen molar-refractivity contribution in [1.29, 1.82) is 0 Å². The van der Waals surface area contributed by atoms with Crippen LogP contribution in [0.15, 0.2) is 42.7 Å². The minimum atomic E-state index is -0.248. The first kappa shape index (κ1) is 12.8. The molecule has 2 aromatic heterocycles. The molecular weight excluding hydrogens is 248 g/mol. The van der Waals surface area contributed by atoms with Crippen LogP contribution in [0.5, 0.6) is 0 Å². The van der Waals surface area contributed by atoms with Crippen molar-refractivity contribution in [3.05, 3.63) is 48.5 Å². The number of H-pyrrole nitrogens is 1. The summed E-state index contributed by atoms with van der Waals surface area (Å²) >= 11 is 0. The zero-order valence-corrected chi connectivity index (χ0v) is 11.9. The highest BCUT2D eigenvalue weighted by atomic mass is 15.0. The first-order chi connectivity index (χ1) is 9.62. The molecule has 0 radical (unpaired) electrons. The number of hydrogen-bond donors (Lipinski definition) is 2. The molecule has 0 saturated carbocycles. The molecule has 4 nitrogen and oxygen atoms in total. The van der Waals surface area contributed by atoms with Crippen LogP contribution in [0.2, 0.25) is 0 Å². The number of nitrogens with zero attached hydrogens (tertiary/aromatic N) is 2. The molecule has 102 valence electrons. The molecule has 0 bridgehead atoms. The van der Waals surface area contributed by atoms with E-state index in [1.807, 2.05) is 37.6 Å². The number of rotatable bonds is 3. The Morgan fingerprint density at radius 3 is 2.75 bits per heavy atom. The SMILES string of the molecule is CNC(C)(C)c1nccc(-c2c[nH]c3ccccc23)n1. The van der Waals surface area contributed by atoms with Crippen LogP contribution in [0, 0.1) is 0 Å². The van der Waals surface area contributed by atoms with Crippen molar-refractivity contribution in [2.75, 3.05) is 7.05 Å². The van der Waals surface area contributed by atoms with Gasteiger partial charge in [0.15, 0.2) is 0 Å². The van der Waals surface area contributed by atoms with Crippen LogP contribution in [-0.2, 0) is 5.54 Å². The molecule has 1 aromatic carbocycles. The van der Waals surface area contributed by atoms with Crippen molar-refractivity contribution < 1.29 is 0 Å². The molecule has 3 aromatic rings. The van der Waals surface area contributed by atoms with Crippen LogP contribution in [0.4, 0.5) is 0 Å². The van der Waals surface area contributed by atoms with Gasteiger partial charge in [0.25, 0.3) is 0 Å². The Morgan fingerprint density at radius 2 is 1.95 bits per heavy atom. The highest BCUT2D eigenvalue weighted by Gasteiger charge is 2.21. The fraction of sp³-hybridized carbons (Fsp3) is 0.250. The van der Waals surface area contributed by atoms with Gasteiger partial charge in [-0.15, -0.1) is 0 Å².